The van der Waals surface area contributed by atoms with E-state index < -0.39 is 0 Å². The highest BCUT2D eigenvalue weighted by Crippen LogP contribution is 2.50. The third-order valence-corrected chi connectivity index (χ3v) is 16.5. The molecule has 0 aliphatic carbocycles. The van der Waals surface area contributed by atoms with Crippen molar-refractivity contribution in [3.05, 3.63) is 243 Å². The molecule has 0 saturated carbocycles. The maximum absolute atomic E-state index is 2.46. The summed E-state index contributed by atoms with van der Waals surface area (Å²) in [6, 6.07) is 90.3. The lowest BCUT2D eigenvalue weighted by Gasteiger charge is -2.19. The second-order valence-corrected chi connectivity index (χ2v) is 20.0. The maximum Gasteiger partial charge on any atom is 0.0449 e. The van der Waals surface area contributed by atoms with Gasteiger partial charge in [0, 0.05) is 25.1 Å². The smallest absolute Gasteiger partial charge is 0.0449 e. The summed E-state index contributed by atoms with van der Waals surface area (Å²) in [4.78, 5) is 5.11. The second kappa shape index (κ2) is 15.7. The van der Waals surface area contributed by atoms with Gasteiger partial charge in [-0.15, -0.1) is 22.7 Å². The number of benzene rings is 12. The van der Waals surface area contributed by atoms with E-state index in [1.807, 2.05) is 22.7 Å². The highest BCUT2D eigenvalue weighted by Gasteiger charge is 2.21. The number of fused-ring (bicyclic) bond motifs is 7. The molecule has 0 fully saturated rings. The number of rotatable bonds is 6. The van der Waals surface area contributed by atoms with Gasteiger partial charge >= 0.3 is 0 Å². The van der Waals surface area contributed by atoms with Gasteiger partial charge in [0.1, 0.15) is 0 Å². The first-order valence-electron chi connectivity index (χ1n) is 23.3. The molecule has 68 heavy (non-hydrogen) atoms. The average molecular weight is 897 g/mol. The van der Waals surface area contributed by atoms with E-state index in [0.717, 1.165) is 0 Å². The lowest BCUT2D eigenvalue weighted by atomic mass is 9.84. The largest absolute Gasteiger partial charge is 0.134 e. The van der Waals surface area contributed by atoms with Gasteiger partial charge in [-0.2, -0.15) is 0 Å². The van der Waals surface area contributed by atoms with Gasteiger partial charge in [-0.25, -0.2) is 0 Å². The average Bonchev–Trinajstić information content (AvgIpc) is 4.10. The molecule has 14 aromatic rings. The molecule has 316 valence electrons. The monoisotopic (exact) mass is 896 g/mol. The standard InChI is InChI=1S/C66H40S2/c1-3-17-44-38-47(30-28-41(44)14-1)63-51-21-7-8-22-52(51)64(48-31-29-42-15-2-4-18-45(42)39-48)58-40-46(32-33-57(58)63)59-34-35-60(67-59)61-36-37-62(68-61)66-55-25-11-9-23-53(55)65(54-24-10-12-26-56(54)66)50-27-13-19-43-16-5-6-20-49(43)50/h1-40H. The summed E-state index contributed by atoms with van der Waals surface area (Å²) in [6.45, 7) is 0. The van der Waals surface area contributed by atoms with Gasteiger partial charge in [0.2, 0.25) is 0 Å². The Balaban J connectivity index is 0.920. The molecule has 0 bridgehead atoms. The molecular formula is C66H40S2. The quantitative estimate of drug-likeness (QED) is 0.146. The highest BCUT2D eigenvalue weighted by molar-refractivity contribution is 7.25. The Hall–Kier alpha value is -8.14. The molecule has 0 radical (unpaired) electrons. The summed E-state index contributed by atoms with van der Waals surface area (Å²) >= 11 is 3.78. The normalized spacial score (nSPS) is 11.8. The van der Waals surface area contributed by atoms with E-state index >= 15 is 0 Å². The van der Waals surface area contributed by atoms with Gasteiger partial charge in [-0.1, -0.05) is 200 Å². The van der Waals surface area contributed by atoms with E-state index in [1.54, 1.807) is 0 Å². The van der Waals surface area contributed by atoms with Gasteiger partial charge in [-0.3, -0.25) is 0 Å². The Morgan fingerprint density at radius 1 is 0.191 bits per heavy atom. The van der Waals surface area contributed by atoms with Crippen molar-refractivity contribution < 1.29 is 0 Å². The van der Waals surface area contributed by atoms with E-state index in [9.17, 15) is 0 Å². The molecule has 0 aliphatic rings. The minimum absolute atomic E-state index is 1.23. The summed E-state index contributed by atoms with van der Waals surface area (Å²) in [7, 11) is 0. The molecular weight excluding hydrogens is 857 g/mol. The van der Waals surface area contributed by atoms with Gasteiger partial charge in [0.05, 0.1) is 0 Å². The van der Waals surface area contributed by atoms with Crippen LogP contribution in [0.4, 0.5) is 0 Å². The van der Waals surface area contributed by atoms with E-state index in [1.165, 1.54) is 139 Å². The number of hydrogen-bond acceptors (Lipinski definition) is 2. The first kappa shape index (κ1) is 39.1. The van der Waals surface area contributed by atoms with Gasteiger partial charge in [0.25, 0.3) is 0 Å². The van der Waals surface area contributed by atoms with Crippen LogP contribution in [0.3, 0.4) is 0 Å². The van der Waals surface area contributed by atoms with Gasteiger partial charge < -0.3 is 0 Å². The third kappa shape index (κ3) is 6.26. The second-order valence-electron chi connectivity index (χ2n) is 17.9. The zero-order valence-electron chi connectivity index (χ0n) is 36.9. The molecule has 2 heteroatoms. The Bertz CT molecular complexity index is 4270. The molecule has 0 N–H and O–H groups in total. The third-order valence-electron chi connectivity index (χ3n) is 14.1. The fraction of sp³-hybridized carbons (Fsp3) is 0. The zero-order chi connectivity index (χ0) is 44.7. The van der Waals surface area contributed by atoms with Crippen LogP contribution in [0, 0.1) is 0 Å². The van der Waals surface area contributed by atoms with Crippen molar-refractivity contribution in [2.45, 2.75) is 0 Å². The topological polar surface area (TPSA) is 0 Å². The Kier molecular flexibility index (Phi) is 9.05. The van der Waals surface area contributed by atoms with E-state index in [4.69, 9.17) is 0 Å². The van der Waals surface area contributed by atoms with Crippen molar-refractivity contribution in [1.82, 2.24) is 0 Å². The molecule has 14 rings (SSSR count). The lowest BCUT2D eigenvalue weighted by Crippen LogP contribution is -1.92. The van der Waals surface area contributed by atoms with Crippen molar-refractivity contribution in [3.63, 3.8) is 0 Å². The van der Waals surface area contributed by atoms with Crippen LogP contribution >= 0.6 is 22.7 Å². The summed E-state index contributed by atoms with van der Waals surface area (Å²) in [5.41, 5.74) is 10.1. The van der Waals surface area contributed by atoms with Crippen LogP contribution < -0.4 is 0 Å². The van der Waals surface area contributed by atoms with Crippen LogP contribution in [0.5, 0.6) is 0 Å². The van der Waals surface area contributed by atoms with E-state index in [0.29, 0.717) is 0 Å². The van der Waals surface area contributed by atoms with E-state index in [-0.39, 0.29) is 0 Å². The summed E-state index contributed by atoms with van der Waals surface area (Å²) in [6.07, 6.45) is 0. The molecule has 12 aromatic carbocycles. The Morgan fingerprint density at radius 2 is 0.588 bits per heavy atom. The predicted molar refractivity (Wildman–Crippen MR) is 297 cm³/mol. The molecule has 0 aliphatic heterocycles. The Morgan fingerprint density at radius 3 is 1.18 bits per heavy atom. The zero-order valence-corrected chi connectivity index (χ0v) is 38.5. The van der Waals surface area contributed by atoms with Crippen LogP contribution in [0.15, 0.2) is 243 Å². The van der Waals surface area contributed by atoms with Crippen LogP contribution in [0.2, 0.25) is 0 Å². The van der Waals surface area contributed by atoms with Crippen molar-refractivity contribution in [2.24, 2.45) is 0 Å². The molecule has 0 spiro atoms. The predicted octanol–water partition coefficient (Wildman–Crippen LogP) is 19.9. The number of thiophene rings is 2. The first-order chi connectivity index (χ1) is 33.7. The van der Waals surface area contributed by atoms with Crippen molar-refractivity contribution in [1.29, 1.82) is 0 Å². The SMILES string of the molecule is c1ccc2cc(-c3c4ccccc4c(-c4ccc5ccccc5c4)c4cc(-c5ccc(-c6ccc(-c7c8ccccc8c(-c8cccc9ccccc89)c8ccccc78)s6)s5)ccc34)ccc2c1. The number of hydrogen-bond donors (Lipinski definition) is 0. The summed E-state index contributed by atoms with van der Waals surface area (Å²) in [5, 5.41) is 17.7. The molecule has 2 heterocycles. The lowest BCUT2D eigenvalue weighted by molar-refractivity contribution is 1.68. The highest BCUT2D eigenvalue weighted by atomic mass is 32.1. The molecule has 0 atom stereocenters. The van der Waals surface area contributed by atoms with Gasteiger partial charge in [0.15, 0.2) is 0 Å². The van der Waals surface area contributed by atoms with Crippen LogP contribution in [0.25, 0.3) is 139 Å². The van der Waals surface area contributed by atoms with Crippen LogP contribution in [0.1, 0.15) is 0 Å². The fourth-order valence-electron chi connectivity index (χ4n) is 11.0. The van der Waals surface area contributed by atoms with E-state index in [2.05, 4.69) is 243 Å². The summed E-state index contributed by atoms with van der Waals surface area (Å²) < 4.78 is 0. The van der Waals surface area contributed by atoms with Crippen molar-refractivity contribution in [3.8, 4) is 64.0 Å². The maximum atomic E-state index is 2.46. The van der Waals surface area contributed by atoms with Crippen molar-refractivity contribution >= 4 is 98.1 Å². The fourth-order valence-corrected chi connectivity index (χ4v) is 13.2. The molecule has 0 nitrogen and oxygen atoms in total. The van der Waals surface area contributed by atoms with Crippen LogP contribution in [-0.2, 0) is 0 Å². The minimum atomic E-state index is 1.23. The van der Waals surface area contributed by atoms with Crippen molar-refractivity contribution in [2.75, 3.05) is 0 Å². The summed E-state index contributed by atoms with van der Waals surface area (Å²) in [5.74, 6) is 0. The molecule has 0 unspecified atom stereocenters. The van der Waals surface area contributed by atoms with Crippen LogP contribution in [-0.4, -0.2) is 0 Å². The minimum Gasteiger partial charge on any atom is -0.134 e. The van der Waals surface area contributed by atoms with Gasteiger partial charge in [-0.05, 0) is 157 Å². The molecule has 2 aromatic heterocycles. The molecule has 0 saturated heterocycles. The Labute approximate surface area is 402 Å². The first-order valence-corrected chi connectivity index (χ1v) is 24.9. The molecule has 0 amide bonds.